The predicted molar refractivity (Wildman–Crippen MR) is 69.7 cm³/mol. The van der Waals surface area contributed by atoms with Crippen LogP contribution < -0.4 is 5.32 Å². The van der Waals surface area contributed by atoms with Gasteiger partial charge in [0, 0.05) is 16.6 Å². The van der Waals surface area contributed by atoms with Crippen molar-refractivity contribution in [3.8, 4) is 0 Å². The molecule has 1 aromatic carbocycles. The lowest BCUT2D eigenvalue weighted by Gasteiger charge is -2.46. The Morgan fingerprint density at radius 2 is 2.16 bits per heavy atom. The van der Waals surface area contributed by atoms with E-state index in [1.165, 1.54) is 12.1 Å². The molecule has 0 unspecified atom stereocenters. The maximum absolute atomic E-state index is 14.0. The highest BCUT2D eigenvalue weighted by Crippen LogP contribution is 2.48. The molecule has 3 rings (SSSR count). The summed E-state index contributed by atoms with van der Waals surface area (Å²) in [6.07, 6.45) is 1.39. The molecule has 1 N–H and O–H groups in total. The Morgan fingerprint density at radius 3 is 2.89 bits per heavy atom. The van der Waals surface area contributed by atoms with Crippen molar-refractivity contribution >= 4 is 11.6 Å². The maximum Gasteiger partial charge on any atom is 0.296 e. The SMILES string of the molecule is C[C@H]1C[C@@]2(CCN1)OCC(F)(F)c1ccc(Cl)cc12. The molecule has 0 radical (unpaired) electrons. The van der Waals surface area contributed by atoms with Crippen LogP contribution in [0.1, 0.15) is 30.9 Å². The number of ether oxygens (including phenoxy) is 1. The van der Waals surface area contributed by atoms with Gasteiger partial charge in [0.1, 0.15) is 6.61 Å². The number of nitrogens with one attached hydrogen (secondary N) is 1. The van der Waals surface area contributed by atoms with Crippen LogP contribution in [0.5, 0.6) is 0 Å². The molecule has 1 spiro atoms. The second kappa shape index (κ2) is 4.40. The van der Waals surface area contributed by atoms with Gasteiger partial charge in [-0.3, -0.25) is 0 Å². The monoisotopic (exact) mass is 287 g/mol. The van der Waals surface area contributed by atoms with Crippen LogP contribution in [-0.2, 0) is 16.3 Å². The molecule has 0 saturated carbocycles. The van der Waals surface area contributed by atoms with E-state index in [9.17, 15) is 8.78 Å². The van der Waals surface area contributed by atoms with Crippen LogP contribution in [0.4, 0.5) is 8.78 Å². The van der Waals surface area contributed by atoms with Crippen LogP contribution in [0, 0.1) is 0 Å². The summed E-state index contributed by atoms with van der Waals surface area (Å²) < 4.78 is 33.6. The fraction of sp³-hybridized carbons (Fsp3) is 0.571. The van der Waals surface area contributed by atoms with Crippen molar-refractivity contribution < 1.29 is 13.5 Å². The third-order valence-corrected chi connectivity index (χ3v) is 4.29. The molecule has 1 aromatic rings. The zero-order valence-electron chi connectivity index (χ0n) is 10.7. The van der Waals surface area contributed by atoms with E-state index in [1.54, 1.807) is 6.07 Å². The molecule has 2 heterocycles. The number of hydrogen-bond donors (Lipinski definition) is 1. The molecule has 1 saturated heterocycles. The van der Waals surface area contributed by atoms with Crippen LogP contribution in [0.15, 0.2) is 18.2 Å². The normalized spacial score (nSPS) is 33.2. The summed E-state index contributed by atoms with van der Waals surface area (Å²) in [5.74, 6) is -2.93. The molecule has 0 amide bonds. The molecule has 2 aliphatic heterocycles. The van der Waals surface area contributed by atoms with Gasteiger partial charge >= 0.3 is 0 Å². The number of benzene rings is 1. The molecular weight excluding hydrogens is 272 g/mol. The van der Waals surface area contributed by atoms with E-state index in [-0.39, 0.29) is 11.6 Å². The average molecular weight is 288 g/mol. The van der Waals surface area contributed by atoms with Gasteiger partial charge in [0.15, 0.2) is 0 Å². The van der Waals surface area contributed by atoms with Gasteiger partial charge in [-0.15, -0.1) is 0 Å². The Kier molecular flexibility index (Phi) is 3.08. The third kappa shape index (κ3) is 2.16. The topological polar surface area (TPSA) is 21.3 Å². The van der Waals surface area contributed by atoms with Crippen molar-refractivity contribution in [3.05, 3.63) is 34.3 Å². The largest absolute Gasteiger partial charge is 0.364 e. The molecule has 0 aliphatic carbocycles. The zero-order chi connectivity index (χ0) is 13.7. The Morgan fingerprint density at radius 1 is 1.37 bits per heavy atom. The lowest BCUT2D eigenvalue weighted by molar-refractivity contribution is -0.180. The zero-order valence-corrected chi connectivity index (χ0v) is 11.4. The van der Waals surface area contributed by atoms with E-state index in [1.807, 2.05) is 6.92 Å². The van der Waals surface area contributed by atoms with E-state index >= 15 is 0 Å². The summed E-state index contributed by atoms with van der Waals surface area (Å²) >= 11 is 5.99. The lowest BCUT2D eigenvalue weighted by atomic mass is 9.77. The summed E-state index contributed by atoms with van der Waals surface area (Å²) in [5, 5.41) is 3.80. The molecule has 0 aromatic heterocycles. The van der Waals surface area contributed by atoms with Gasteiger partial charge in [-0.25, -0.2) is 0 Å². The number of alkyl halides is 2. The minimum atomic E-state index is -2.93. The highest BCUT2D eigenvalue weighted by molar-refractivity contribution is 6.30. The molecular formula is C14H16ClF2NO. The first-order chi connectivity index (χ1) is 8.93. The van der Waals surface area contributed by atoms with E-state index in [4.69, 9.17) is 16.3 Å². The number of hydrogen-bond acceptors (Lipinski definition) is 2. The van der Waals surface area contributed by atoms with Gasteiger partial charge < -0.3 is 10.1 Å². The van der Waals surface area contributed by atoms with Crippen molar-refractivity contribution in [1.82, 2.24) is 5.32 Å². The molecule has 0 bridgehead atoms. The Bertz CT molecular complexity index is 508. The van der Waals surface area contributed by atoms with Crippen molar-refractivity contribution in [2.24, 2.45) is 0 Å². The van der Waals surface area contributed by atoms with E-state index in [0.29, 0.717) is 23.4 Å². The third-order valence-electron chi connectivity index (χ3n) is 4.05. The van der Waals surface area contributed by atoms with Crippen molar-refractivity contribution in [2.75, 3.05) is 13.2 Å². The Labute approximate surface area is 116 Å². The highest BCUT2D eigenvalue weighted by atomic mass is 35.5. The van der Waals surface area contributed by atoms with Gasteiger partial charge in [0.05, 0.1) is 5.60 Å². The number of piperidine rings is 1. The summed E-state index contributed by atoms with van der Waals surface area (Å²) in [5.41, 5.74) is 0.00824. The number of fused-ring (bicyclic) bond motifs is 2. The first kappa shape index (κ1) is 13.3. The lowest BCUT2D eigenvalue weighted by Crippen LogP contribution is -2.51. The van der Waals surface area contributed by atoms with Gasteiger partial charge in [0.25, 0.3) is 5.92 Å². The number of rotatable bonds is 0. The van der Waals surface area contributed by atoms with E-state index < -0.39 is 18.1 Å². The molecule has 2 nitrogen and oxygen atoms in total. The summed E-state index contributed by atoms with van der Waals surface area (Å²) in [6.45, 7) is 2.26. The molecule has 1 fully saturated rings. The van der Waals surface area contributed by atoms with Gasteiger partial charge in [-0.2, -0.15) is 8.78 Å². The van der Waals surface area contributed by atoms with E-state index in [0.717, 1.165) is 6.54 Å². The van der Waals surface area contributed by atoms with Gasteiger partial charge in [-0.05, 0) is 44.0 Å². The Balaban J connectivity index is 2.12. The van der Waals surface area contributed by atoms with E-state index in [2.05, 4.69) is 5.32 Å². The van der Waals surface area contributed by atoms with Crippen molar-refractivity contribution in [3.63, 3.8) is 0 Å². The molecule has 2 atom stereocenters. The summed E-state index contributed by atoms with van der Waals surface area (Å²) in [6, 6.07) is 4.85. The van der Waals surface area contributed by atoms with Gasteiger partial charge in [0.2, 0.25) is 0 Å². The summed E-state index contributed by atoms with van der Waals surface area (Å²) in [4.78, 5) is 0. The fourth-order valence-electron chi connectivity index (χ4n) is 3.16. The molecule has 104 valence electrons. The van der Waals surface area contributed by atoms with Crippen molar-refractivity contribution in [1.29, 1.82) is 0 Å². The predicted octanol–water partition coefficient (Wildman–Crippen LogP) is 3.43. The second-order valence-electron chi connectivity index (χ2n) is 5.49. The Hall–Kier alpha value is -0.710. The van der Waals surface area contributed by atoms with Crippen LogP contribution in [0.25, 0.3) is 0 Å². The average Bonchev–Trinajstić information content (AvgIpc) is 2.35. The van der Waals surface area contributed by atoms with Crippen molar-refractivity contribution in [2.45, 2.75) is 37.3 Å². The second-order valence-corrected chi connectivity index (χ2v) is 5.92. The maximum atomic E-state index is 14.0. The minimum absolute atomic E-state index is 0.0669. The quantitative estimate of drug-likeness (QED) is 0.789. The van der Waals surface area contributed by atoms with Gasteiger partial charge in [-0.1, -0.05) is 17.7 Å². The minimum Gasteiger partial charge on any atom is -0.364 e. The van der Waals surface area contributed by atoms with Crippen LogP contribution in [0.2, 0.25) is 5.02 Å². The first-order valence-corrected chi connectivity index (χ1v) is 6.86. The van der Waals surface area contributed by atoms with Crippen LogP contribution >= 0.6 is 11.6 Å². The fourth-order valence-corrected chi connectivity index (χ4v) is 3.33. The van der Waals surface area contributed by atoms with Crippen LogP contribution in [0.3, 0.4) is 0 Å². The molecule has 5 heteroatoms. The highest BCUT2D eigenvalue weighted by Gasteiger charge is 2.50. The molecule has 19 heavy (non-hydrogen) atoms. The first-order valence-electron chi connectivity index (χ1n) is 6.49. The smallest absolute Gasteiger partial charge is 0.296 e. The standard InChI is InChI=1S/C14H16ClF2NO/c1-9-7-13(4-5-18-9)12-6-10(15)2-3-11(12)14(16,17)8-19-13/h2-3,6,9,18H,4-5,7-8H2,1H3/t9-,13+/m0/s1. The summed E-state index contributed by atoms with van der Waals surface area (Å²) in [7, 11) is 0. The number of halogens is 3. The molecule has 2 aliphatic rings. The van der Waals surface area contributed by atoms with Crippen LogP contribution in [-0.4, -0.2) is 19.2 Å².